The van der Waals surface area contributed by atoms with Crippen LogP contribution < -0.4 is 11.1 Å². The van der Waals surface area contributed by atoms with Gasteiger partial charge >= 0.3 is 0 Å². The largest absolute Gasteiger partial charge is 0.389 e. The van der Waals surface area contributed by atoms with E-state index in [1.807, 2.05) is 0 Å². The first-order chi connectivity index (χ1) is 7.44. The number of hydrogen-bond donors (Lipinski definition) is 5. The van der Waals surface area contributed by atoms with Crippen LogP contribution in [-0.2, 0) is 0 Å². The molecule has 2 rings (SSSR count). The molecular weight excluding hydrogens is 210 g/mol. The van der Waals surface area contributed by atoms with E-state index in [1.165, 1.54) is 0 Å². The molecule has 0 radical (unpaired) electrons. The molecule has 16 heavy (non-hydrogen) atoms. The van der Waals surface area contributed by atoms with Crippen molar-refractivity contribution in [1.82, 2.24) is 10.2 Å². The van der Waals surface area contributed by atoms with Gasteiger partial charge in [0.2, 0.25) is 0 Å². The number of rotatable bonds is 2. The number of nitrogens with one attached hydrogen (secondary N) is 1. The molecule has 2 aliphatic heterocycles. The maximum absolute atomic E-state index is 10.5. The Morgan fingerprint density at radius 2 is 2.12 bits per heavy atom. The van der Waals surface area contributed by atoms with E-state index >= 15 is 0 Å². The predicted octanol–water partition coefficient (Wildman–Crippen LogP) is -2.23. The first-order valence-electron chi connectivity index (χ1n) is 5.79. The van der Waals surface area contributed by atoms with Gasteiger partial charge in [0.05, 0.1) is 18.3 Å². The van der Waals surface area contributed by atoms with Crippen molar-refractivity contribution >= 4 is 0 Å². The summed E-state index contributed by atoms with van der Waals surface area (Å²) in [6.45, 7) is 2.65. The highest BCUT2D eigenvalue weighted by atomic mass is 16.3. The van der Waals surface area contributed by atoms with Crippen molar-refractivity contribution < 1.29 is 15.3 Å². The van der Waals surface area contributed by atoms with E-state index in [-0.39, 0.29) is 6.17 Å². The summed E-state index contributed by atoms with van der Waals surface area (Å²) >= 11 is 0. The Morgan fingerprint density at radius 1 is 1.44 bits per heavy atom. The number of likely N-dealkylation sites (tertiary alicyclic amines) is 1. The first kappa shape index (κ1) is 12.2. The first-order valence-corrected chi connectivity index (χ1v) is 5.79. The lowest BCUT2D eigenvalue weighted by atomic mass is 9.99. The molecule has 1 unspecified atom stereocenters. The average Bonchev–Trinajstić information content (AvgIpc) is 2.76. The lowest BCUT2D eigenvalue weighted by Gasteiger charge is -2.42. The molecule has 5 atom stereocenters. The number of hydrogen-bond acceptors (Lipinski definition) is 6. The lowest BCUT2D eigenvalue weighted by molar-refractivity contribution is -0.145. The fraction of sp³-hybridized carbons (Fsp3) is 1.00. The average molecular weight is 231 g/mol. The van der Waals surface area contributed by atoms with Crippen LogP contribution in [0.15, 0.2) is 0 Å². The van der Waals surface area contributed by atoms with Gasteiger partial charge in [-0.3, -0.25) is 4.90 Å². The van der Waals surface area contributed by atoms with E-state index < -0.39 is 24.0 Å². The third kappa shape index (κ3) is 1.85. The summed E-state index contributed by atoms with van der Waals surface area (Å²) in [5.74, 6) is 0. The highest BCUT2D eigenvalue weighted by Gasteiger charge is 2.49. The van der Waals surface area contributed by atoms with E-state index in [0.717, 1.165) is 19.4 Å². The zero-order valence-electron chi connectivity index (χ0n) is 9.50. The summed E-state index contributed by atoms with van der Waals surface area (Å²) in [5, 5.41) is 32.7. The minimum Gasteiger partial charge on any atom is -0.389 e. The van der Waals surface area contributed by atoms with Gasteiger partial charge in [0.25, 0.3) is 0 Å². The molecular formula is C10H21N3O3. The summed E-state index contributed by atoms with van der Waals surface area (Å²) in [6.07, 6.45) is -0.163. The van der Waals surface area contributed by atoms with Crippen molar-refractivity contribution in [1.29, 1.82) is 0 Å². The van der Waals surface area contributed by atoms with Crippen molar-refractivity contribution in [3.63, 3.8) is 0 Å². The summed E-state index contributed by atoms with van der Waals surface area (Å²) in [7, 11) is 0. The fourth-order valence-corrected chi connectivity index (χ4v) is 2.76. The second-order valence-electron chi connectivity index (χ2n) is 4.94. The van der Waals surface area contributed by atoms with Crippen LogP contribution in [0.4, 0.5) is 0 Å². The van der Waals surface area contributed by atoms with Crippen LogP contribution in [0.3, 0.4) is 0 Å². The normalized spacial score (nSPS) is 44.8. The summed E-state index contributed by atoms with van der Waals surface area (Å²) < 4.78 is 0. The van der Waals surface area contributed by atoms with E-state index in [1.54, 1.807) is 11.8 Å². The molecule has 0 bridgehead atoms. The topological polar surface area (TPSA) is 102 Å². The van der Waals surface area contributed by atoms with Crippen LogP contribution >= 0.6 is 0 Å². The lowest BCUT2D eigenvalue weighted by Crippen LogP contribution is -2.64. The monoisotopic (exact) mass is 231 g/mol. The van der Waals surface area contributed by atoms with Gasteiger partial charge in [0, 0.05) is 13.1 Å². The molecule has 0 spiro atoms. The highest BCUT2D eigenvalue weighted by Crippen LogP contribution is 2.29. The predicted molar refractivity (Wildman–Crippen MR) is 58.3 cm³/mol. The molecule has 6 heteroatoms. The number of nitrogens with two attached hydrogens (primary N) is 1. The van der Waals surface area contributed by atoms with Crippen molar-refractivity contribution in [3.8, 4) is 0 Å². The van der Waals surface area contributed by atoms with Crippen LogP contribution in [0.5, 0.6) is 0 Å². The summed E-state index contributed by atoms with van der Waals surface area (Å²) in [5.41, 5.74) is 4.68. The molecule has 0 saturated carbocycles. The van der Waals surface area contributed by atoms with E-state index in [2.05, 4.69) is 5.32 Å². The fourth-order valence-electron chi connectivity index (χ4n) is 2.76. The Bertz CT molecular complexity index is 262. The van der Waals surface area contributed by atoms with Crippen molar-refractivity contribution in [3.05, 3.63) is 0 Å². The minimum absolute atomic E-state index is 0.179. The molecule has 0 aromatic carbocycles. The zero-order valence-corrected chi connectivity index (χ0v) is 9.50. The van der Waals surface area contributed by atoms with E-state index in [4.69, 9.17) is 5.73 Å². The van der Waals surface area contributed by atoms with Gasteiger partial charge in [-0.05, 0) is 19.8 Å². The molecule has 94 valence electrons. The van der Waals surface area contributed by atoms with Crippen LogP contribution in [0.25, 0.3) is 0 Å². The Kier molecular flexibility index (Phi) is 3.22. The van der Waals surface area contributed by atoms with E-state index in [9.17, 15) is 15.3 Å². The van der Waals surface area contributed by atoms with Crippen molar-refractivity contribution in [2.45, 2.75) is 49.9 Å². The van der Waals surface area contributed by atoms with Gasteiger partial charge in [-0.15, -0.1) is 0 Å². The summed E-state index contributed by atoms with van der Waals surface area (Å²) in [4.78, 5) is 1.78. The molecule has 2 saturated heterocycles. The Labute approximate surface area is 95.0 Å². The molecule has 6 nitrogen and oxygen atoms in total. The zero-order chi connectivity index (χ0) is 11.9. The van der Waals surface area contributed by atoms with E-state index in [0.29, 0.717) is 6.54 Å². The maximum atomic E-state index is 10.5. The third-order valence-electron chi connectivity index (χ3n) is 3.75. The second-order valence-corrected chi connectivity index (χ2v) is 4.94. The maximum Gasteiger partial charge on any atom is 0.134 e. The minimum atomic E-state index is -1.23. The van der Waals surface area contributed by atoms with Crippen LogP contribution in [0, 0.1) is 0 Å². The molecule has 0 amide bonds. The molecule has 2 heterocycles. The number of aliphatic hydroxyl groups excluding tert-OH is 2. The third-order valence-corrected chi connectivity index (χ3v) is 3.75. The van der Waals surface area contributed by atoms with Gasteiger partial charge in [-0.1, -0.05) is 0 Å². The molecule has 0 aliphatic carbocycles. The molecule has 0 aromatic heterocycles. The van der Waals surface area contributed by atoms with Crippen LogP contribution in [0.2, 0.25) is 0 Å². The molecule has 0 aromatic rings. The van der Waals surface area contributed by atoms with Gasteiger partial charge in [-0.2, -0.15) is 0 Å². The van der Waals surface area contributed by atoms with Gasteiger partial charge < -0.3 is 26.4 Å². The highest BCUT2D eigenvalue weighted by molar-refractivity contribution is 5.02. The van der Waals surface area contributed by atoms with Crippen LogP contribution in [0.1, 0.15) is 19.8 Å². The molecule has 2 fully saturated rings. The van der Waals surface area contributed by atoms with Gasteiger partial charge in [0.15, 0.2) is 0 Å². The Balaban J connectivity index is 2.12. The molecule has 2 aliphatic rings. The standard InChI is InChI=1S/C10H21N3O3/c1-10(16,13-4-2-3-7(13)11)9-8(15)6(14)5-12-9/h6-9,12,14-16H,2-5,11H2,1H3/t6-,7?,8-,9-,10-/m0/s1. The van der Waals surface area contributed by atoms with Gasteiger partial charge in [0.1, 0.15) is 11.8 Å². The summed E-state index contributed by atoms with van der Waals surface area (Å²) in [6, 6.07) is -0.563. The van der Waals surface area contributed by atoms with Crippen LogP contribution in [-0.4, -0.2) is 63.4 Å². The number of nitrogens with zero attached hydrogens (tertiary/aromatic N) is 1. The van der Waals surface area contributed by atoms with Crippen molar-refractivity contribution in [2.75, 3.05) is 13.1 Å². The van der Waals surface area contributed by atoms with Gasteiger partial charge in [-0.25, -0.2) is 0 Å². The number of β-amino-alcohol motifs (C(OH)–C–C–N with tert-alkyl or cyclic N) is 1. The smallest absolute Gasteiger partial charge is 0.134 e. The van der Waals surface area contributed by atoms with Crippen molar-refractivity contribution in [2.24, 2.45) is 5.73 Å². The quantitative estimate of drug-likeness (QED) is 0.369. The number of aliphatic hydroxyl groups is 3. The Hall–Kier alpha value is -0.240. The molecule has 6 N–H and O–H groups in total. The Morgan fingerprint density at radius 3 is 2.56 bits per heavy atom. The second kappa shape index (κ2) is 4.21. The SMILES string of the molecule is C[C@](O)([C@H]1NC[C@H](O)[C@@H]1O)N1CCCC1N.